The van der Waals surface area contributed by atoms with Crippen LogP contribution in [0.1, 0.15) is 26.0 Å². The molecule has 0 aliphatic heterocycles. The van der Waals surface area contributed by atoms with Crippen LogP contribution in [-0.4, -0.2) is 22.9 Å². The largest absolute Gasteiger partial charge is 0.317 e. The third kappa shape index (κ3) is 2.84. The zero-order chi connectivity index (χ0) is 9.68. The van der Waals surface area contributed by atoms with E-state index in [0.717, 1.165) is 13.0 Å². The number of hydrogen-bond acceptors (Lipinski definition) is 2. The summed E-state index contributed by atoms with van der Waals surface area (Å²) in [7, 11) is 2.00. The van der Waals surface area contributed by atoms with E-state index in [9.17, 15) is 0 Å². The first-order valence-corrected chi connectivity index (χ1v) is 4.95. The van der Waals surface area contributed by atoms with Gasteiger partial charge in [-0.1, -0.05) is 0 Å². The highest BCUT2D eigenvalue weighted by Gasteiger charge is 2.03. The second-order valence-electron chi connectivity index (χ2n) is 3.37. The maximum absolute atomic E-state index is 4.23. The van der Waals surface area contributed by atoms with Gasteiger partial charge in [-0.05, 0) is 39.8 Å². The number of nitrogens with zero attached hydrogens (tertiary/aromatic N) is 2. The lowest BCUT2D eigenvalue weighted by Gasteiger charge is -2.10. The van der Waals surface area contributed by atoms with E-state index in [1.165, 1.54) is 12.1 Å². The van der Waals surface area contributed by atoms with Crippen LogP contribution in [0.5, 0.6) is 0 Å². The second-order valence-corrected chi connectivity index (χ2v) is 3.37. The topological polar surface area (TPSA) is 29.9 Å². The molecule has 0 aliphatic carbocycles. The van der Waals surface area contributed by atoms with Gasteiger partial charge in [0.15, 0.2) is 0 Å². The van der Waals surface area contributed by atoms with Crippen molar-refractivity contribution in [3.8, 4) is 0 Å². The van der Waals surface area contributed by atoms with E-state index in [-0.39, 0.29) is 0 Å². The molecule has 0 spiro atoms. The molecule has 3 heteroatoms. The average Bonchev–Trinajstić information content (AvgIpc) is 2.61. The Morgan fingerprint density at radius 1 is 1.62 bits per heavy atom. The minimum absolute atomic E-state index is 0.584. The molecule has 0 fully saturated rings. The fourth-order valence-electron chi connectivity index (χ4n) is 1.37. The predicted molar refractivity (Wildman–Crippen MR) is 54.7 cm³/mol. The quantitative estimate of drug-likeness (QED) is 0.745. The van der Waals surface area contributed by atoms with Crippen molar-refractivity contribution in [3.05, 3.63) is 18.0 Å². The number of hydrogen-bond donors (Lipinski definition) is 1. The molecule has 1 heterocycles. The molecular weight excluding hydrogens is 162 g/mol. The molecule has 1 aromatic rings. The molecule has 0 bridgehead atoms. The Morgan fingerprint density at radius 3 is 3.00 bits per heavy atom. The van der Waals surface area contributed by atoms with Crippen LogP contribution >= 0.6 is 0 Å². The summed E-state index contributed by atoms with van der Waals surface area (Å²) in [4.78, 5) is 0. The fraction of sp³-hybridized carbons (Fsp3) is 0.700. The van der Waals surface area contributed by atoms with Crippen molar-refractivity contribution in [1.82, 2.24) is 15.1 Å². The molecule has 1 aromatic heterocycles. The van der Waals surface area contributed by atoms with Gasteiger partial charge >= 0.3 is 0 Å². The van der Waals surface area contributed by atoms with Crippen LogP contribution in [0.3, 0.4) is 0 Å². The van der Waals surface area contributed by atoms with Crippen molar-refractivity contribution in [2.75, 3.05) is 7.05 Å². The van der Waals surface area contributed by atoms with Crippen LogP contribution < -0.4 is 5.32 Å². The van der Waals surface area contributed by atoms with Crippen molar-refractivity contribution >= 4 is 0 Å². The predicted octanol–water partition coefficient (Wildman–Crippen LogP) is 1.44. The lowest BCUT2D eigenvalue weighted by atomic mass is 10.1. The van der Waals surface area contributed by atoms with Gasteiger partial charge in [0.25, 0.3) is 0 Å². The lowest BCUT2D eigenvalue weighted by Crippen LogP contribution is -2.22. The standard InChI is InChI=1S/C10H19N3/c1-4-13-10(7-8-12-13)6-5-9(2)11-3/h7-9,11H,4-6H2,1-3H3. The van der Waals surface area contributed by atoms with Crippen LogP contribution in [0, 0.1) is 0 Å². The van der Waals surface area contributed by atoms with Crippen LogP contribution in [-0.2, 0) is 13.0 Å². The van der Waals surface area contributed by atoms with Crippen molar-refractivity contribution in [1.29, 1.82) is 0 Å². The highest BCUT2D eigenvalue weighted by atomic mass is 15.3. The summed E-state index contributed by atoms with van der Waals surface area (Å²) in [6.45, 7) is 5.29. The molecule has 0 aromatic carbocycles. The Kier molecular flexibility index (Phi) is 3.96. The van der Waals surface area contributed by atoms with E-state index in [0.29, 0.717) is 6.04 Å². The maximum Gasteiger partial charge on any atom is 0.0492 e. The average molecular weight is 181 g/mol. The summed E-state index contributed by atoms with van der Waals surface area (Å²) in [6, 6.07) is 2.69. The number of rotatable bonds is 5. The van der Waals surface area contributed by atoms with Crippen molar-refractivity contribution in [3.63, 3.8) is 0 Å². The van der Waals surface area contributed by atoms with Crippen LogP contribution in [0.4, 0.5) is 0 Å². The first-order chi connectivity index (χ1) is 6.27. The van der Waals surface area contributed by atoms with Gasteiger partial charge in [0.2, 0.25) is 0 Å². The Morgan fingerprint density at radius 2 is 2.38 bits per heavy atom. The normalized spacial score (nSPS) is 13.2. The van der Waals surface area contributed by atoms with Crippen LogP contribution in [0.15, 0.2) is 12.3 Å². The van der Waals surface area contributed by atoms with Gasteiger partial charge in [-0.25, -0.2) is 0 Å². The molecule has 1 rings (SSSR count). The first kappa shape index (κ1) is 10.3. The van der Waals surface area contributed by atoms with Gasteiger partial charge < -0.3 is 5.32 Å². The molecule has 0 aliphatic rings. The number of aromatic nitrogens is 2. The monoisotopic (exact) mass is 181 g/mol. The van der Waals surface area contributed by atoms with E-state index in [2.05, 4.69) is 35.0 Å². The lowest BCUT2D eigenvalue weighted by molar-refractivity contribution is 0.538. The summed E-state index contributed by atoms with van der Waals surface area (Å²) in [6.07, 6.45) is 4.15. The molecule has 13 heavy (non-hydrogen) atoms. The van der Waals surface area contributed by atoms with E-state index < -0.39 is 0 Å². The zero-order valence-electron chi connectivity index (χ0n) is 8.75. The SMILES string of the molecule is CCn1nccc1CCC(C)NC. The van der Waals surface area contributed by atoms with Crippen molar-refractivity contribution in [2.24, 2.45) is 0 Å². The third-order valence-corrected chi connectivity index (χ3v) is 2.43. The molecule has 1 N–H and O–H groups in total. The van der Waals surface area contributed by atoms with E-state index in [1.807, 2.05) is 13.2 Å². The molecule has 1 atom stereocenters. The molecule has 3 nitrogen and oxygen atoms in total. The number of nitrogens with one attached hydrogen (secondary N) is 1. The van der Waals surface area contributed by atoms with Gasteiger partial charge in [0, 0.05) is 24.5 Å². The Labute approximate surface area is 80.1 Å². The molecule has 0 amide bonds. The Hall–Kier alpha value is -0.830. The van der Waals surface area contributed by atoms with E-state index in [4.69, 9.17) is 0 Å². The smallest absolute Gasteiger partial charge is 0.0492 e. The molecule has 1 unspecified atom stereocenters. The number of aryl methyl sites for hydroxylation is 2. The van der Waals surface area contributed by atoms with Gasteiger partial charge in [-0.15, -0.1) is 0 Å². The third-order valence-electron chi connectivity index (χ3n) is 2.43. The second kappa shape index (κ2) is 5.02. The molecule has 74 valence electrons. The van der Waals surface area contributed by atoms with Gasteiger partial charge in [0.1, 0.15) is 0 Å². The van der Waals surface area contributed by atoms with Gasteiger partial charge in [-0.3, -0.25) is 4.68 Å². The summed E-state index contributed by atoms with van der Waals surface area (Å²) < 4.78 is 2.06. The minimum Gasteiger partial charge on any atom is -0.317 e. The highest BCUT2D eigenvalue weighted by molar-refractivity contribution is 5.00. The summed E-state index contributed by atoms with van der Waals surface area (Å²) in [5.41, 5.74) is 1.34. The molecule has 0 saturated carbocycles. The minimum atomic E-state index is 0.584. The van der Waals surface area contributed by atoms with E-state index >= 15 is 0 Å². The Balaban J connectivity index is 2.44. The van der Waals surface area contributed by atoms with Gasteiger partial charge in [-0.2, -0.15) is 5.10 Å². The molecule has 0 saturated heterocycles. The summed E-state index contributed by atoms with van der Waals surface area (Å²) >= 11 is 0. The Bertz CT molecular complexity index is 242. The highest BCUT2D eigenvalue weighted by Crippen LogP contribution is 2.04. The zero-order valence-corrected chi connectivity index (χ0v) is 8.75. The van der Waals surface area contributed by atoms with Crippen molar-refractivity contribution in [2.45, 2.75) is 39.3 Å². The van der Waals surface area contributed by atoms with E-state index in [1.54, 1.807) is 0 Å². The maximum atomic E-state index is 4.23. The molecule has 0 radical (unpaired) electrons. The van der Waals surface area contributed by atoms with Gasteiger partial charge in [0.05, 0.1) is 0 Å². The van der Waals surface area contributed by atoms with Crippen molar-refractivity contribution < 1.29 is 0 Å². The molecular formula is C10H19N3. The van der Waals surface area contributed by atoms with Crippen LogP contribution in [0.2, 0.25) is 0 Å². The van der Waals surface area contributed by atoms with Crippen LogP contribution in [0.25, 0.3) is 0 Å². The fourth-order valence-corrected chi connectivity index (χ4v) is 1.37. The summed E-state index contributed by atoms with van der Waals surface area (Å²) in [5, 5.41) is 7.47. The first-order valence-electron chi connectivity index (χ1n) is 4.95. The summed E-state index contributed by atoms with van der Waals surface area (Å²) in [5.74, 6) is 0.